The number of aryl methyl sites for hydroxylation is 3. The van der Waals surface area contributed by atoms with Crippen molar-refractivity contribution in [3.8, 4) is 11.3 Å². The fourth-order valence-electron chi connectivity index (χ4n) is 5.00. The predicted molar refractivity (Wildman–Crippen MR) is 145 cm³/mol. The lowest BCUT2D eigenvalue weighted by Crippen LogP contribution is -2.16. The van der Waals surface area contributed by atoms with E-state index in [0.29, 0.717) is 0 Å². The van der Waals surface area contributed by atoms with E-state index in [1.807, 2.05) is 13.8 Å². The summed E-state index contributed by atoms with van der Waals surface area (Å²) in [6, 6.07) is 20.1. The molecule has 0 spiro atoms. The fourth-order valence-corrected chi connectivity index (χ4v) is 5.00. The molecule has 2 heteroatoms. The molecule has 0 fully saturated rings. The summed E-state index contributed by atoms with van der Waals surface area (Å²) in [7, 11) is 0. The van der Waals surface area contributed by atoms with Gasteiger partial charge in [-0.05, 0) is 66.8 Å². The number of fused-ring (bicyclic) bond motifs is 6. The van der Waals surface area contributed by atoms with Crippen LogP contribution < -0.4 is 0 Å². The van der Waals surface area contributed by atoms with Gasteiger partial charge in [0.2, 0.25) is 0 Å². The zero-order valence-corrected chi connectivity index (χ0v) is 21.4. The van der Waals surface area contributed by atoms with Crippen molar-refractivity contribution >= 4 is 27.3 Å². The first-order valence-corrected chi connectivity index (χ1v) is 12.2. The summed E-state index contributed by atoms with van der Waals surface area (Å²) in [4.78, 5) is 5.05. The molecule has 5 aromatic rings. The number of imidazole rings is 1. The summed E-state index contributed by atoms with van der Waals surface area (Å²) in [6.45, 7) is 17.5. The zero-order chi connectivity index (χ0) is 23.9. The average molecular weight is 437 g/mol. The Labute approximate surface area is 198 Å². The Kier molecular flexibility index (Phi) is 6.05. The van der Waals surface area contributed by atoms with E-state index in [4.69, 9.17) is 4.98 Å². The number of rotatable bonds is 3. The number of hydrogen-bond acceptors (Lipinski definition) is 1. The number of aromatic nitrogens is 2. The molecule has 0 saturated heterocycles. The minimum Gasteiger partial charge on any atom is -0.292 e. The molecule has 2 nitrogen and oxygen atoms in total. The van der Waals surface area contributed by atoms with E-state index < -0.39 is 0 Å². The van der Waals surface area contributed by atoms with Gasteiger partial charge in [0.15, 0.2) is 0 Å². The highest BCUT2D eigenvalue weighted by atomic mass is 15.0. The molecule has 0 atom stereocenters. The van der Waals surface area contributed by atoms with Gasteiger partial charge in [-0.3, -0.25) is 4.40 Å². The van der Waals surface area contributed by atoms with Crippen LogP contribution in [0.25, 0.3) is 38.6 Å². The molecule has 0 aliphatic carbocycles. The lowest BCUT2D eigenvalue weighted by molar-refractivity contribution is 0.511. The second-order valence-electron chi connectivity index (χ2n) is 9.56. The molecule has 0 bridgehead atoms. The maximum absolute atomic E-state index is 5.05. The third kappa shape index (κ3) is 3.62. The fraction of sp³-hybridized carbons (Fsp3) is 0.323. The van der Waals surface area contributed by atoms with Crippen LogP contribution in [0.1, 0.15) is 63.3 Å². The Balaban J connectivity index is 0.00000126. The zero-order valence-electron chi connectivity index (χ0n) is 21.4. The minimum atomic E-state index is 0.0716. The highest BCUT2D eigenvalue weighted by Gasteiger charge is 2.25. The van der Waals surface area contributed by atoms with Gasteiger partial charge in [-0.2, -0.15) is 0 Å². The second kappa shape index (κ2) is 8.67. The molecule has 0 radical (unpaired) electrons. The monoisotopic (exact) mass is 436 g/mol. The first-order chi connectivity index (χ1) is 15.8. The smallest absolute Gasteiger partial charge is 0.145 e. The number of pyridine rings is 1. The molecular weight excluding hydrogens is 400 g/mol. The van der Waals surface area contributed by atoms with E-state index >= 15 is 0 Å². The van der Waals surface area contributed by atoms with E-state index in [1.54, 1.807) is 0 Å². The quantitative estimate of drug-likeness (QED) is 0.258. The Morgan fingerprint density at radius 1 is 0.848 bits per heavy atom. The average Bonchev–Trinajstić information content (AvgIpc) is 3.25. The molecule has 3 aromatic carbocycles. The first kappa shape index (κ1) is 23.0. The van der Waals surface area contributed by atoms with Gasteiger partial charge in [-0.1, -0.05) is 82.6 Å². The summed E-state index contributed by atoms with van der Waals surface area (Å²) in [5, 5.41) is 3.87. The maximum Gasteiger partial charge on any atom is 0.145 e. The SMILES string of the molecule is CC.CCC(C)(C)c1cccc2c3cc(C)ccc3n3c(-c4c(C)cccc4C)cnc3c12. The molecule has 5 rings (SSSR count). The normalized spacial score (nSPS) is 11.8. The summed E-state index contributed by atoms with van der Waals surface area (Å²) >= 11 is 0. The van der Waals surface area contributed by atoms with Gasteiger partial charge in [0.1, 0.15) is 5.65 Å². The van der Waals surface area contributed by atoms with Crippen LogP contribution in [0.3, 0.4) is 0 Å². The molecule has 0 amide bonds. The number of benzene rings is 3. The third-order valence-corrected chi connectivity index (χ3v) is 7.08. The van der Waals surface area contributed by atoms with Crippen molar-refractivity contribution in [1.82, 2.24) is 9.38 Å². The van der Waals surface area contributed by atoms with Crippen LogP contribution in [0.2, 0.25) is 0 Å². The molecule has 0 N–H and O–H groups in total. The number of nitrogens with zero attached hydrogens (tertiary/aromatic N) is 2. The topological polar surface area (TPSA) is 17.3 Å². The van der Waals surface area contributed by atoms with Crippen LogP contribution in [0.5, 0.6) is 0 Å². The summed E-state index contributed by atoms with van der Waals surface area (Å²) in [5.74, 6) is 0. The third-order valence-electron chi connectivity index (χ3n) is 7.08. The van der Waals surface area contributed by atoms with Crippen molar-refractivity contribution in [3.05, 3.63) is 83.0 Å². The van der Waals surface area contributed by atoms with Crippen molar-refractivity contribution in [2.45, 2.75) is 67.2 Å². The minimum absolute atomic E-state index is 0.0716. The molecular formula is C31H36N2. The van der Waals surface area contributed by atoms with Crippen LogP contribution in [0, 0.1) is 20.8 Å². The van der Waals surface area contributed by atoms with Crippen molar-refractivity contribution in [2.75, 3.05) is 0 Å². The van der Waals surface area contributed by atoms with Gasteiger partial charge < -0.3 is 0 Å². The van der Waals surface area contributed by atoms with Crippen LogP contribution in [-0.2, 0) is 5.41 Å². The lowest BCUT2D eigenvalue weighted by Gasteiger charge is -2.26. The summed E-state index contributed by atoms with van der Waals surface area (Å²) in [5.41, 5.74) is 10.0. The van der Waals surface area contributed by atoms with E-state index in [2.05, 4.69) is 107 Å². The van der Waals surface area contributed by atoms with E-state index in [-0.39, 0.29) is 5.41 Å². The first-order valence-electron chi connectivity index (χ1n) is 12.2. The Hall–Kier alpha value is -3.13. The molecule has 2 aromatic heterocycles. The van der Waals surface area contributed by atoms with Crippen molar-refractivity contribution < 1.29 is 0 Å². The Morgan fingerprint density at radius 3 is 2.18 bits per heavy atom. The Morgan fingerprint density at radius 2 is 1.52 bits per heavy atom. The van der Waals surface area contributed by atoms with Crippen LogP contribution in [0.4, 0.5) is 0 Å². The van der Waals surface area contributed by atoms with Crippen LogP contribution in [-0.4, -0.2) is 9.38 Å². The molecule has 33 heavy (non-hydrogen) atoms. The van der Waals surface area contributed by atoms with Crippen molar-refractivity contribution in [1.29, 1.82) is 0 Å². The Bertz CT molecular complexity index is 1450. The molecule has 0 saturated carbocycles. The standard InChI is InChI=1S/C29H30N2.C2H6/c1-7-29(5,6)23-13-9-12-21-22-16-18(2)14-15-24(22)31-25(17-30-28(31)27(21)23)26-19(3)10-8-11-20(26)4;1-2/h8-17H,7H2,1-6H3;1-2H3. The van der Waals surface area contributed by atoms with Gasteiger partial charge in [-0.15, -0.1) is 0 Å². The predicted octanol–water partition coefficient (Wildman–Crippen LogP) is 8.95. The van der Waals surface area contributed by atoms with Crippen LogP contribution in [0.15, 0.2) is 60.8 Å². The maximum atomic E-state index is 5.05. The van der Waals surface area contributed by atoms with Gasteiger partial charge in [0.05, 0.1) is 17.4 Å². The van der Waals surface area contributed by atoms with E-state index in [9.17, 15) is 0 Å². The lowest BCUT2D eigenvalue weighted by atomic mass is 9.79. The van der Waals surface area contributed by atoms with E-state index in [1.165, 1.54) is 55.2 Å². The molecule has 170 valence electrons. The van der Waals surface area contributed by atoms with Gasteiger partial charge >= 0.3 is 0 Å². The highest BCUT2D eigenvalue weighted by molar-refractivity contribution is 6.14. The van der Waals surface area contributed by atoms with E-state index in [0.717, 1.165) is 12.1 Å². The molecule has 0 aliphatic rings. The summed E-state index contributed by atoms with van der Waals surface area (Å²) in [6.07, 6.45) is 3.15. The molecule has 0 aliphatic heterocycles. The number of hydrogen-bond donors (Lipinski definition) is 0. The van der Waals surface area contributed by atoms with Gasteiger partial charge in [0, 0.05) is 16.3 Å². The second-order valence-corrected chi connectivity index (χ2v) is 9.56. The molecule has 0 unspecified atom stereocenters. The van der Waals surface area contributed by atoms with Crippen LogP contribution >= 0.6 is 0 Å². The van der Waals surface area contributed by atoms with Gasteiger partial charge in [0.25, 0.3) is 0 Å². The van der Waals surface area contributed by atoms with Crippen molar-refractivity contribution in [3.63, 3.8) is 0 Å². The summed E-state index contributed by atoms with van der Waals surface area (Å²) < 4.78 is 2.39. The van der Waals surface area contributed by atoms with Gasteiger partial charge in [-0.25, -0.2) is 4.98 Å². The van der Waals surface area contributed by atoms with Crippen molar-refractivity contribution in [2.24, 2.45) is 0 Å². The highest BCUT2D eigenvalue weighted by Crippen LogP contribution is 2.40. The largest absolute Gasteiger partial charge is 0.292 e. The molecule has 2 heterocycles.